The second-order valence-corrected chi connectivity index (χ2v) is 7.17. The van der Waals surface area contributed by atoms with E-state index in [1.807, 2.05) is 22.8 Å². The van der Waals surface area contributed by atoms with Crippen molar-refractivity contribution in [2.24, 2.45) is 0 Å². The van der Waals surface area contributed by atoms with Crippen LogP contribution in [0.15, 0.2) is 76.8 Å². The Morgan fingerprint density at radius 2 is 1.97 bits per heavy atom. The predicted octanol–water partition coefficient (Wildman–Crippen LogP) is 3.86. The van der Waals surface area contributed by atoms with E-state index in [-0.39, 0.29) is 22.8 Å². The molecule has 4 rings (SSSR count). The summed E-state index contributed by atoms with van der Waals surface area (Å²) in [7, 11) is 0. The SMILES string of the molecule is O=C(CSc1nnc(-c2ccncc2)n1Cc1ccco1)c1cccc([N+](=O)[O-])c1. The Bertz CT molecular complexity index is 1180. The summed E-state index contributed by atoms with van der Waals surface area (Å²) in [6.45, 7) is 0.394. The van der Waals surface area contributed by atoms with Gasteiger partial charge in [0, 0.05) is 35.7 Å². The molecule has 10 heteroatoms. The van der Waals surface area contributed by atoms with Crippen LogP contribution in [0.4, 0.5) is 5.69 Å². The molecule has 0 saturated heterocycles. The fourth-order valence-electron chi connectivity index (χ4n) is 2.82. The summed E-state index contributed by atoms with van der Waals surface area (Å²) in [6, 6.07) is 13.0. The quantitative estimate of drug-likeness (QED) is 0.182. The number of carbonyl (C=O) groups excluding carboxylic acids is 1. The molecule has 3 heterocycles. The number of thioether (sulfide) groups is 1. The molecule has 0 radical (unpaired) electrons. The highest BCUT2D eigenvalue weighted by Crippen LogP contribution is 2.26. The van der Waals surface area contributed by atoms with E-state index in [4.69, 9.17) is 4.42 Å². The van der Waals surface area contributed by atoms with Gasteiger partial charge in [-0.3, -0.25) is 24.5 Å². The fourth-order valence-corrected chi connectivity index (χ4v) is 3.65. The van der Waals surface area contributed by atoms with Crippen LogP contribution < -0.4 is 0 Å². The number of ketones is 1. The van der Waals surface area contributed by atoms with Crippen molar-refractivity contribution >= 4 is 23.2 Å². The van der Waals surface area contributed by atoms with Crippen LogP contribution in [0, 0.1) is 10.1 Å². The molecule has 0 bridgehead atoms. The molecule has 0 atom stereocenters. The van der Waals surface area contributed by atoms with Gasteiger partial charge < -0.3 is 4.42 Å². The zero-order chi connectivity index (χ0) is 20.9. The lowest BCUT2D eigenvalue weighted by atomic mass is 10.1. The number of aromatic nitrogens is 4. The average Bonchev–Trinajstić information content (AvgIpc) is 3.43. The molecular formula is C20H15N5O4S. The highest BCUT2D eigenvalue weighted by molar-refractivity contribution is 7.99. The van der Waals surface area contributed by atoms with E-state index in [2.05, 4.69) is 15.2 Å². The number of benzene rings is 1. The maximum absolute atomic E-state index is 12.6. The maximum atomic E-state index is 12.6. The van der Waals surface area contributed by atoms with E-state index < -0.39 is 4.92 Å². The summed E-state index contributed by atoms with van der Waals surface area (Å²) in [4.78, 5) is 27.0. The Hall–Kier alpha value is -3.79. The van der Waals surface area contributed by atoms with Crippen LogP contribution in [0.5, 0.6) is 0 Å². The minimum atomic E-state index is -0.523. The van der Waals surface area contributed by atoms with Gasteiger partial charge in [0.2, 0.25) is 0 Å². The van der Waals surface area contributed by atoms with E-state index >= 15 is 0 Å². The van der Waals surface area contributed by atoms with E-state index in [1.54, 1.807) is 30.8 Å². The van der Waals surface area contributed by atoms with Crippen LogP contribution in [0.1, 0.15) is 16.1 Å². The Morgan fingerprint density at radius 1 is 1.13 bits per heavy atom. The predicted molar refractivity (Wildman–Crippen MR) is 109 cm³/mol. The zero-order valence-electron chi connectivity index (χ0n) is 15.5. The first-order valence-electron chi connectivity index (χ1n) is 8.88. The van der Waals surface area contributed by atoms with Crippen molar-refractivity contribution in [2.75, 3.05) is 5.75 Å². The second-order valence-electron chi connectivity index (χ2n) is 6.23. The smallest absolute Gasteiger partial charge is 0.270 e. The van der Waals surface area contributed by atoms with Gasteiger partial charge in [0.1, 0.15) is 5.76 Å². The lowest BCUT2D eigenvalue weighted by Crippen LogP contribution is -2.07. The highest BCUT2D eigenvalue weighted by Gasteiger charge is 2.18. The molecule has 0 aliphatic rings. The molecule has 0 aliphatic carbocycles. The van der Waals surface area contributed by atoms with Crippen molar-refractivity contribution in [3.05, 3.63) is 88.6 Å². The molecule has 0 spiro atoms. The summed E-state index contributed by atoms with van der Waals surface area (Å²) < 4.78 is 7.32. The Morgan fingerprint density at radius 3 is 2.70 bits per heavy atom. The number of hydrogen-bond acceptors (Lipinski definition) is 8. The van der Waals surface area contributed by atoms with Crippen LogP contribution in [0.2, 0.25) is 0 Å². The lowest BCUT2D eigenvalue weighted by molar-refractivity contribution is -0.384. The van der Waals surface area contributed by atoms with E-state index in [0.29, 0.717) is 17.5 Å². The monoisotopic (exact) mass is 421 g/mol. The third-order valence-electron chi connectivity index (χ3n) is 4.26. The summed E-state index contributed by atoms with van der Waals surface area (Å²) in [6.07, 6.45) is 4.92. The van der Waals surface area contributed by atoms with Gasteiger partial charge in [0.15, 0.2) is 16.8 Å². The highest BCUT2D eigenvalue weighted by atomic mass is 32.2. The van der Waals surface area contributed by atoms with Gasteiger partial charge in [-0.25, -0.2) is 0 Å². The van der Waals surface area contributed by atoms with Crippen molar-refractivity contribution < 1.29 is 14.1 Å². The molecule has 3 aromatic heterocycles. The fraction of sp³-hybridized carbons (Fsp3) is 0.100. The van der Waals surface area contributed by atoms with Gasteiger partial charge in [-0.1, -0.05) is 23.9 Å². The molecule has 150 valence electrons. The first-order chi connectivity index (χ1) is 14.6. The third kappa shape index (κ3) is 4.28. The van der Waals surface area contributed by atoms with Gasteiger partial charge in [-0.05, 0) is 24.3 Å². The second kappa shape index (κ2) is 8.70. The summed E-state index contributed by atoms with van der Waals surface area (Å²) in [5.74, 6) is 1.17. The van der Waals surface area contributed by atoms with Crippen molar-refractivity contribution in [3.8, 4) is 11.4 Å². The zero-order valence-corrected chi connectivity index (χ0v) is 16.4. The van der Waals surface area contributed by atoms with Crippen LogP contribution >= 0.6 is 11.8 Å². The van der Waals surface area contributed by atoms with E-state index in [0.717, 1.165) is 11.3 Å². The first kappa shape index (κ1) is 19.5. The lowest BCUT2D eigenvalue weighted by Gasteiger charge is -2.08. The Balaban J connectivity index is 1.58. The number of Topliss-reactive ketones (excluding diaryl/α,β-unsaturated/α-hetero) is 1. The molecule has 0 N–H and O–H groups in total. The number of nitro benzene ring substituents is 1. The number of furan rings is 1. The molecule has 30 heavy (non-hydrogen) atoms. The van der Waals surface area contributed by atoms with Crippen molar-refractivity contribution in [1.29, 1.82) is 0 Å². The van der Waals surface area contributed by atoms with Crippen LogP contribution in [-0.4, -0.2) is 36.2 Å². The normalized spacial score (nSPS) is 10.8. The number of carbonyl (C=O) groups is 1. The number of non-ortho nitro benzene ring substituents is 1. The molecule has 0 aliphatic heterocycles. The molecule has 0 amide bonds. The number of hydrogen-bond donors (Lipinski definition) is 0. The number of nitro groups is 1. The first-order valence-corrected chi connectivity index (χ1v) is 9.87. The van der Waals surface area contributed by atoms with E-state index in [9.17, 15) is 14.9 Å². The van der Waals surface area contributed by atoms with Gasteiger partial charge >= 0.3 is 0 Å². The molecule has 0 fully saturated rings. The van der Waals surface area contributed by atoms with E-state index in [1.165, 1.54) is 30.0 Å². The maximum Gasteiger partial charge on any atom is 0.270 e. The summed E-state index contributed by atoms with van der Waals surface area (Å²) in [5.41, 5.74) is 0.996. The minimum Gasteiger partial charge on any atom is -0.467 e. The largest absolute Gasteiger partial charge is 0.467 e. The standard InChI is InChI=1S/C20H15N5O4S/c26-18(15-3-1-4-16(11-15)25(27)28)13-30-20-23-22-19(14-6-8-21-9-7-14)24(20)12-17-5-2-10-29-17/h1-11H,12-13H2. The van der Waals surface area contributed by atoms with Crippen LogP contribution in [-0.2, 0) is 6.54 Å². The van der Waals surface area contributed by atoms with Crippen LogP contribution in [0.25, 0.3) is 11.4 Å². The summed E-state index contributed by atoms with van der Waals surface area (Å²) >= 11 is 1.21. The molecule has 0 unspecified atom stereocenters. The minimum absolute atomic E-state index is 0.0633. The van der Waals surface area contributed by atoms with Gasteiger partial charge in [0.25, 0.3) is 5.69 Å². The average molecular weight is 421 g/mol. The van der Waals surface area contributed by atoms with Gasteiger partial charge in [-0.2, -0.15) is 0 Å². The molecule has 0 saturated carbocycles. The van der Waals surface area contributed by atoms with Crippen LogP contribution in [0.3, 0.4) is 0 Å². The number of rotatable bonds is 8. The number of nitrogens with zero attached hydrogens (tertiary/aromatic N) is 5. The molecule has 1 aromatic carbocycles. The molecule has 4 aromatic rings. The van der Waals surface area contributed by atoms with Crippen molar-refractivity contribution in [2.45, 2.75) is 11.7 Å². The molecular weight excluding hydrogens is 406 g/mol. The van der Waals surface area contributed by atoms with Crippen molar-refractivity contribution in [1.82, 2.24) is 19.7 Å². The summed E-state index contributed by atoms with van der Waals surface area (Å²) in [5, 5.41) is 20.0. The van der Waals surface area contributed by atoms with Crippen molar-refractivity contribution in [3.63, 3.8) is 0 Å². The number of pyridine rings is 1. The molecule has 9 nitrogen and oxygen atoms in total. The topological polar surface area (TPSA) is 117 Å². The van der Waals surface area contributed by atoms with Gasteiger partial charge in [-0.15, -0.1) is 10.2 Å². The third-order valence-corrected chi connectivity index (χ3v) is 5.23. The Kier molecular flexibility index (Phi) is 5.66. The van der Waals surface area contributed by atoms with Gasteiger partial charge in [0.05, 0.1) is 23.5 Å². The Labute approximate surface area is 174 Å².